The molecule has 2 fully saturated rings. The second kappa shape index (κ2) is 9.82. The Morgan fingerprint density at radius 2 is 1.90 bits per heavy atom. The summed E-state index contributed by atoms with van der Waals surface area (Å²) in [6, 6.07) is 8.59. The van der Waals surface area contributed by atoms with Gasteiger partial charge in [0.05, 0.1) is 10.6 Å². The van der Waals surface area contributed by atoms with Gasteiger partial charge in [-0.05, 0) is 61.7 Å². The van der Waals surface area contributed by atoms with Gasteiger partial charge in [-0.15, -0.1) is 0 Å². The third-order valence-electron chi connectivity index (χ3n) is 5.20. The molecule has 1 saturated carbocycles. The average molecular weight is 425 g/mol. The molecule has 2 aromatic heterocycles. The lowest BCUT2D eigenvalue weighted by Gasteiger charge is -2.29. The summed E-state index contributed by atoms with van der Waals surface area (Å²) in [7, 11) is 0. The highest BCUT2D eigenvalue weighted by Crippen LogP contribution is 2.25. The third kappa shape index (κ3) is 5.64. The van der Waals surface area contributed by atoms with Gasteiger partial charge in [-0.3, -0.25) is 19.9 Å². The number of amides is 2. The van der Waals surface area contributed by atoms with Gasteiger partial charge < -0.3 is 10.6 Å². The van der Waals surface area contributed by atoms with Gasteiger partial charge in [0.2, 0.25) is 5.95 Å². The highest BCUT2D eigenvalue weighted by atomic mass is 32.2. The molecule has 1 saturated heterocycles. The number of nitrogens with one attached hydrogen (secondary N) is 3. The van der Waals surface area contributed by atoms with Crippen LogP contribution in [0.3, 0.4) is 0 Å². The molecule has 4 rings (SSSR count). The van der Waals surface area contributed by atoms with Crippen molar-refractivity contribution in [2.75, 3.05) is 11.9 Å². The van der Waals surface area contributed by atoms with E-state index in [0.717, 1.165) is 56.1 Å². The fourth-order valence-corrected chi connectivity index (χ4v) is 4.32. The van der Waals surface area contributed by atoms with Crippen molar-refractivity contribution in [2.24, 2.45) is 0 Å². The van der Waals surface area contributed by atoms with Crippen molar-refractivity contribution in [3.8, 4) is 0 Å². The van der Waals surface area contributed by atoms with Gasteiger partial charge in [0.15, 0.2) is 0 Å². The molecule has 2 amide bonds. The monoisotopic (exact) mass is 424 g/mol. The smallest absolute Gasteiger partial charge is 0.290 e. The Morgan fingerprint density at radius 3 is 2.63 bits per heavy atom. The number of carbonyl (C=O) groups is 2. The summed E-state index contributed by atoms with van der Waals surface area (Å²) in [4.78, 5) is 36.4. The molecule has 30 heavy (non-hydrogen) atoms. The van der Waals surface area contributed by atoms with Gasteiger partial charge in [-0.25, -0.2) is 9.97 Å². The van der Waals surface area contributed by atoms with Crippen LogP contribution in [0.4, 0.5) is 10.7 Å². The number of anilines is 1. The highest BCUT2D eigenvalue weighted by Gasteiger charge is 2.25. The van der Waals surface area contributed by atoms with Crippen molar-refractivity contribution < 1.29 is 9.59 Å². The number of hydrogen-bond donors (Lipinski definition) is 3. The van der Waals surface area contributed by atoms with Gasteiger partial charge in [-0.1, -0.05) is 6.07 Å². The molecule has 0 atom stereocenters. The molecule has 0 spiro atoms. The van der Waals surface area contributed by atoms with Gasteiger partial charge in [0.1, 0.15) is 0 Å². The second-order valence-corrected chi connectivity index (χ2v) is 8.39. The van der Waals surface area contributed by atoms with E-state index in [1.54, 1.807) is 18.3 Å². The number of hydrogen-bond acceptors (Lipinski definition) is 8. The fourth-order valence-electron chi connectivity index (χ4n) is 3.65. The number of thioether (sulfide) groups is 1. The number of pyridine rings is 1. The van der Waals surface area contributed by atoms with Crippen molar-refractivity contribution in [3.63, 3.8) is 0 Å². The maximum atomic E-state index is 11.7. The summed E-state index contributed by atoms with van der Waals surface area (Å²) in [6.45, 7) is 0.938. The van der Waals surface area contributed by atoms with Crippen molar-refractivity contribution in [1.29, 1.82) is 0 Å². The van der Waals surface area contributed by atoms with Gasteiger partial charge in [0, 0.05) is 43.1 Å². The minimum Gasteiger partial charge on any atom is -0.351 e. The van der Waals surface area contributed by atoms with Crippen LogP contribution >= 0.6 is 11.8 Å². The number of nitrogens with zero attached hydrogens (tertiary/aromatic N) is 3. The first-order valence-corrected chi connectivity index (χ1v) is 10.9. The summed E-state index contributed by atoms with van der Waals surface area (Å²) in [5, 5.41) is 8.93. The molecular formula is C21H24N6O2S. The molecule has 2 aromatic rings. The van der Waals surface area contributed by atoms with Crippen LogP contribution < -0.4 is 16.0 Å². The first-order chi connectivity index (χ1) is 14.7. The Bertz CT molecular complexity index is 928. The lowest BCUT2D eigenvalue weighted by atomic mass is 9.91. The second-order valence-electron chi connectivity index (χ2n) is 7.38. The largest absolute Gasteiger partial charge is 0.351 e. The van der Waals surface area contributed by atoms with Crippen molar-refractivity contribution >= 4 is 34.9 Å². The molecule has 0 bridgehead atoms. The molecule has 1 aliphatic heterocycles. The molecule has 9 heteroatoms. The van der Waals surface area contributed by atoms with Crippen LogP contribution in [-0.2, 0) is 11.2 Å². The molecule has 1 aliphatic carbocycles. The Labute approximate surface area is 179 Å². The Hall–Kier alpha value is -2.78. The van der Waals surface area contributed by atoms with E-state index in [1.165, 1.54) is 0 Å². The van der Waals surface area contributed by atoms with E-state index in [4.69, 9.17) is 0 Å². The average Bonchev–Trinajstić information content (AvgIpc) is 3.07. The minimum absolute atomic E-state index is 0.326. The van der Waals surface area contributed by atoms with Crippen LogP contribution in [-0.4, -0.2) is 44.7 Å². The number of rotatable bonds is 7. The van der Waals surface area contributed by atoms with Crippen molar-refractivity contribution in [3.05, 3.63) is 53.0 Å². The Morgan fingerprint density at radius 1 is 1.07 bits per heavy atom. The zero-order valence-electron chi connectivity index (χ0n) is 16.5. The highest BCUT2D eigenvalue weighted by molar-refractivity contribution is 8.18. The molecule has 3 heterocycles. The molecule has 3 N–H and O–H groups in total. The molecule has 156 valence electrons. The van der Waals surface area contributed by atoms with E-state index < -0.39 is 0 Å². The predicted octanol–water partition coefficient (Wildman–Crippen LogP) is 2.75. The molecule has 0 unspecified atom stereocenters. The number of imide groups is 1. The summed E-state index contributed by atoms with van der Waals surface area (Å²) in [6.07, 6.45) is 10.3. The summed E-state index contributed by atoms with van der Waals surface area (Å²) >= 11 is 0.885. The van der Waals surface area contributed by atoms with E-state index >= 15 is 0 Å². The number of aromatic nitrogens is 3. The SMILES string of the molecule is O=C1NC(=O)/C(=C/c2ccnc(N[C@H]3CC[C@@H](NCCc4ccccn4)CC3)n2)S1. The van der Waals surface area contributed by atoms with Crippen molar-refractivity contribution in [1.82, 2.24) is 25.6 Å². The molecule has 0 aromatic carbocycles. The fraction of sp³-hybridized carbons (Fsp3) is 0.381. The van der Waals surface area contributed by atoms with Gasteiger partial charge >= 0.3 is 0 Å². The lowest BCUT2D eigenvalue weighted by Crippen LogP contribution is -2.38. The van der Waals surface area contributed by atoms with E-state index in [-0.39, 0.29) is 11.1 Å². The quantitative estimate of drug-likeness (QED) is 0.582. The maximum absolute atomic E-state index is 11.7. The molecule has 8 nitrogen and oxygen atoms in total. The van der Waals surface area contributed by atoms with Crippen LogP contribution in [0.1, 0.15) is 37.1 Å². The van der Waals surface area contributed by atoms with Crippen molar-refractivity contribution in [2.45, 2.75) is 44.2 Å². The minimum atomic E-state index is -0.382. The maximum Gasteiger partial charge on any atom is 0.290 e. The van der Waals surface area contributed by atoms with E-state index in [2.05, 4.69) is 37.0 Å². The molecule has 0 radical (unpaired) electrons. The lowest BCUT2D eigenvalue weighted by molar-refractivity contribution is -0.115. The van der Waals surface area contributed by atoms with E-state index in [0.29, 0.717) is 28.6 Å². The normalized spacial score (nSPS) is 22.9. The van der Waals surface area contributed by atoms with Crippen LogP contribution in [0.25, 0.3) is 6.08 Å². The zero-order valence-corrected chi connectivity index (χ0v) is 17.3. The first kappa shape index (κ1) is 20.5. The third-order valence-corrected chi connectivity index (χ3v) is 6.01. The standard InChI is InChI=1S/C21H24N6O2S/c28-19-18(30-21(29)27-19)13-17-9-12-24-20(26-17)25-16-6-4-15(5-7-16)23-11-8-14-3-1-2-10-22-14/h1-3,9-10,12-13,15-16,23H,4-8,11H2,(H,24,25,26)(H,27,28,29)/b18-13-/t15-,16+. The van der Waals surface area contributed by atoms with Crippen LogP contribution in [0.5, 0.6) is 0 Å². The summed E-state index contributed by atoms with van der Waals surface area (Å²) in [5.74, 6) is 0.164. The van der Waals surface area contributed by atoms with Gasteiger partial charge in [0.25, 0.3) is 11.1 Å². The van der Waals surface area contributed by atoms with E-state index in [1.807, 2.05) is 18.3 Å². The molecular weight excluding hydrogens is 400 g/mol. The Kier molecular flexibility index (Phi) is 6.70. The molecule has 2 aliphatic rings. The van der Waals surface area contributed by atoms with Gasteiger partial charge in [-0.2, -0.15) is 0 Å². The summed E-state index contributed by atoms with van der Waals surface area (Å²) in [5.41, 5.74) is 1.72. The Balaban J connectivity index is 1.24. The first-order valence-electron chi connectivity index (χ1n) is 10.1. The van der Waals surface area contributed by atoms with Crippen LogP contribution in [0.15, 0.2) is 41.6 Å². The summed E-state index contributed by atoms with van der Waals surface area (Å²) < 4.78 is 0. The topological polar surface area (TPSA) is 109 Å². The predicted molar refractivity (Wildman–Crippen MR) is 117 cm³/mol. The van der Waals surface area contributed by atoms with Crippen LogP contribution in [0, 0.1) is 0 Å². The van der Waals surface area contributed by atoms with E-state index in [9.17, 15) is 9.59 Å². The number of carbonyl (C=O) groups excluding carboxylic acids is 2. The zero-order chi connectivity index (χ0) is 20.8. The van der Waals surface area contributed by atoms with Crippen LogP contribution in [0.2, 0.25) is 0 Å².